The van der Waals surface area contributed by atoms with Crippen molar-refractivity contribution in [3.05, 3.63) is 57.5 Å². The van der Waals surface area contributed by atoms with Gasteiger partial charge in [0.15, 0.2) is 0 Å². The SMILES string of the molecule is O=C(CN(C1CCCCC1)S(=O)(=O)c1ccccc1)Nc1cc(Cl)c(Cl)cc1Cl. The van der Waals surface area contributed by atoms with Crippen LogP contribution in [0, 0.1) is 0 Å². The molecule has 0 bridgehead atoms. The Labute approximate surface area is 186 Å². The van der Waals surface area contributed by atoms with E-state index in [0.29, 0.717) is 0 Å². The van der Waals surface area contributed by atoms with Crippen molar-refractivity contribution in [2.45, 2.75) is 43.0 Å². The summed E-state index contributed by atoms with van der Waals surface area (Å²) in [5.74, 6) is -0.490. The van der Waals surface area contributed by atoms with E-state index < -0.39 is 15.9 Å². The van der Waals surface area contributed by atoms with Crippen molar-refractivity contribution in [2.75, 3.05) is 11.9 Å². The van der Waals surface area contributed by atoms with Crippen molar-refractivity contribution in [2.24, 2.45) is 0 Å². The lowest BCUT2D eigenvalue weighted by molar-refractivity contribution is -0.116. The molecule has 9 heteroatoms. The second-order valence-corrected chi connectivity index (χ2v) is 10.1. The Morgan fingerprint density at radius 1 is 0.966 bits per heavy atom. The summed E-state index contributed by atoms with van der Waals surface area (Å²) < 4.78 is 27.8. The summed E-state index contributed by atoms with van der Waals surface area (Å²) in [5, 5.41) is 3.39. The topological polar surface area (TPSA) is 66.5 Å². The van der Waals surface area contributed by atoms with E-state index in [4.69, 9.17) is 34.8 Å². The molecule has 29 heavy (non-hydrogen) atoms. The second kappa shape index (κ2) is 9.67. The third-order valence-electron chi connectivity index (χ3n) is 4.92. The molecule has 0 saturated heterocycles. The number of nitrogens with zero attached hydrogens (tertiary/aromatic N) is 1. The van der Waals surface area contributed by atoms with Crippen LogP contribution in [-0.4, -0.2) is 31.2 Å². The van der Waals surface area contributed by atoms with Gasteiger partial charge in [-0.1, -0.05) is 72.3 Å². The molecule has 1 fully saturated rings. The maximum Gasteiger partial charge on any atom is 0.243 e. The molecular formula is C20H21Cl3N2O3S. The average molecular weight is 476 g/mol. The average Bonchev–Trinajstić information content (AvgIpc) is 2.71. The molecule has 156 valence electrons. The Bertz CT molecular complexity index is 978. The Morgan fingerprint density at radius 2 is 1.59 bits per heavy atom. The van der Waals surface area contributed by atoms with Gasteiger partial charge in [-0.25, -0.2) is 8.42 Å². The minimum absolute atomic E-state index is 0.172. The third kappa shape index (κ3) is 5.44. The summed E-state index contributed by atoms with van der Waals surface area (Å²) >= 11 is 18.0. The molecule has 0 unspecified atom stereocenters. The predicted molar refractivity (Wildman–Crippen MR) is 117 cm³/mol. The highest BCUT2D eigenvalue weighted by molar-refractivity contribution is 7.89. The van der Waals surface area contributed by atoms with Crippen LogP contribution in [0.15, 0.2) is 47.4 Å². The molecule has 0 heterocycles. The van der Waals surface area contributed by atoms with E-state index in [-0.39, 0.29) is 38.2 Å². The van der Waals surface area contributed by atoms with Crippen LogP contribution in [0.25, 0.3) is 0 Å². The van der Waals surface area contributed by atoms with E-state index in [1.165, 1.54) is 16.4 Å². The van der Waals surface area contributed by atoms with Crippen LogP contribution in [0.1, 0.15) is 32.1 Å². The molecule has 1 saturated carbocycles. The number of hydrogen-bond acceptors (Lipinski definition) is 3. The first-order valence-electron chi connectivity index (χ1n) is 9.30. The zero-order valence-corrected chi connectivity index (χ0v) is 18.7. The monoisotopic (exact) mass is 474 g/mol. The molecule has 2 aromatic rings. The van der Waals surface area contributed by atoms with E-state index in [1.807, 2.05) is 0 Å². The van der Waals surface area contributed by atoms with Gasteiger partial charge in [-0.05, 0) is 37.1 Å². The first-order chi connectivity index (χ1) is 13.8. The van der Waals surface area contributed by atoms with E-state index in [0.717, 1.165) is 32.1 Å². The van der Waals surface area contributed by atoms with Gasteiger partial charge in [0.05, 0.1) is 32.2 Å². The second-order valence-electron chi connectivity index (χ2n) is 6.95. The van der Waals surface area contributed by atoms with Crippen molar-refractivity contribution in [3.8, 4) is 0 Å². The van der Waals surface area contributed by atoms with E-state index in [9.17, 15) is 13.2 Å². The summed E-state index contributed by atoms with van der Waals surface area (Å²) in [6.45, 7) is -0.307. The molecule has 0 spiro atoms. The van der Waals surface area contributed by atoms with Crippen molar-refractivity contribution in [3.63, 3.8) is 0 Å². The van der Waals surface area contributed by atoms with Crippen LogP contribution in [0.3, 0.4) is 0 Å². The van der Waals surface area contributed by atoms with Crippen LogP contribution >= 0.6 is 34.8 Å². The number of carbonyl (C=O) groups excluding carboxylic acids is 1. The van der Waals surface area contributed by atoms with E-state index in [1.54, 1.807) is 30.3 Å². The third-order valence-corrected chi connectivity index (χ3v) is 7.86. The van der Waals surface area contributed by atoms with Gasteiger partial charge < -0.3 is 5.32 Å². The Kier molecular flexibility index (Phi) is 7.46. The lowest BCUT2D eigenvalue weighted by Crippen LogP contribution is -2.45. The number of nitrogens with one attached hydrogen (secondary N) is 1. The van der Waals surface area contributed by atoms with Crippen molar-refractivity contribution in [1.29, 1.82) is 0 Å². The smallest absolute Gasteiger partial charge is 0.243 e. The number of rotatable bonds is 6. The maximum atomic E-state index is 13.3. The number of sulfonamides is 1. The van der Waals surface area contributed by atoms with Crippen molar-refractivity contribution in [1.82, 2.24) is 4.31 Å². The van der Waals surface area contributed by atoms with Gasteiger partial charge in [-0.3, -0.25) is 4.79 Å². The summed E-state index contributed by atoms with van der Waals surface area (Å²) in [5.41, 5.74) is 0.284. The van der Waals surface area contributed by atoms with E-state index >= 15 is 0 Å². The molecule has 5 nitrogen and oxygen atoms in total. The Balaban J connectivity index is 1.85. The summed E-state index contributed by atoms with van der Waals surface area (Å²) in [7, 11) is -3.82. The highest BCUT2D eigenvalue weighted by Gasteiger charge is 2.34. The lowest BCUT2D eigenvalue weighted by Gasteiger charge is -2.33. The number of anilines is 1. The maximum absolute atomic E-state index is 13.3. The molecule has 3 rings (SSSR count). The molecule has 0 atom stereocenters. The number of halogens is 3. The van der Waals surface area contributed by atoms with Crippen LogP contribution < -0.4 is 5.32 Å². The van der Waals surface area contributed by atoms with Crippen LogP contribution in [-0.2, 0) is 14.8 Å². The molecule has 0 aromatic heterocycles. The lowest BCUT2D eigenvalue weighted by atomic mass is 9.95. The Hall–Kier alpha value is -1.31. The number of hydrogen-bond donors (Lipinski definition) is 1. The predicted octanol–water partition coefficient (Wildman–Crippen LogP) is 5.61. The molecule has 1 aliphatic carbocycles. The fourth-order valence-corrected chi connectivity index (χ4v) is 5.71. The van der Waals surface area contributed by atoms with Crippen molar-refractivity contribution < 1.29 is 13.2 Å². The van der Waals surface area contributed by atoms with Gasteiger partial charge in [-0.2, -0.15) is 4.31 Å². The fraction of sp³-hybridized carbons (Fsp3) is 0.350. The van der Waals surface area contributed by atoms with Crippen LogP contribution in [0.4, 0.5) is 5.69 Å². The van der Waals surface area contributed by atoms with Gasteiger partial charge in [0.1, 0.15) is 0 Å². The van der Waals surface area contributed by atoms with Gasteiger partial charge in [0, 0.05) is 6.04 Å². The molecule has 0 radical (unpaired) electrons. The van der Waals surface area contributed by atoms with Crippen LogP contribution in [0.5, 0.6) is 0 Å². The highest BCUT2D eigenvalue weighted by Crippen LogP contribution is 2.33. The van der Waals surface area contributed by atoms with Gasteiger partial charge in [0.25, 0.3) is 0 Å². The number of carbonyl (C=O) groups is 1. The van der Waals surface area contributed by atoms with Gasteiger partial charge >= 0.3 is 0 Å². The minimum atomic E-state index is -3.82. The zero-order chi connectivity index (χ0) is 21.0. The summed E-state index contributed by atoms with van der Waals surface area (Å²) in [4.78, 5) is 12.9. The molecule has 0 aliphatic heterocycles. The number of amides is 1. The summed E-state index contributed by atoms with van der Waals surface area (Å²) in [6, 6.07) is 10.8. The van der Waals surface area contributed by atoms with Gasteiger partial charge in [-0.15, -0.1) is 0 Å². The highest BCUT2D eigenvalue weighted by atomic mass is 35.5. The minimum Gasteiger partial charge on any atom is -0.324 e. The number of benzene rings is 2. The Morgan fingerprint density at radius 3 is 2.24 bits per heavy atom. The quantitative estimate of drug-likeness (QED) is 0.552. The fourth-order valence-electron chi connectivity index (χ4n) is 3.46. The molecule has 2 aromatic carbocycles. The molecule has 1 aliphatic rings. The van der Waals surface area contributed by atoms with Crippen molar-refractivity contribution >= 4 is 56.4 Å². The first-order valence-corrected chi connectivity index (χ1v) is 11.9. The first kappa shape index (κ1) is 22.4. The standard InChI is InChI=1S/C20H21Cl3N2O3S/c21-16-11-18(23)19(12-17(16)22)24-20(26)13-25(14-7-3-1-4-8-14)29(27,28)15-9-5-2-6-10-15/h2,5-6,9-12,14H,1,3-4,7-8,13H2,(H,24,26). The van der Waals surface area contributed by atoms with E-state index in [2.05, 4.69) is 5.32 Å². The summed E-state index contributed by atoms with van der Waals surface area (Å²) in [6.07, 6.45) is 4.40. The van der Waals surface area contributed by atoms with Crippen LogP contribution in [0.2, 0.25) is 15.1 Å². The molecule has 1 amide bonds. The largest absolute Gasteiger partial charge is 0.324 e. The van der Waals surface area contributed by atoms with Gasteiger partial charge in [0.2, 0.25) is 15.9 Å². The zero-order valence-electron chi connectivity index (χ0n) is 15.6. The molecular weight excluding hydrogens is 455 g/mol. The normalized spacial score (nSPS) is 15.4. The molecule has 1 N–H and O–H groups in total.